The zero-order valence-electron chi connectivity index (χ0n) is 7.52. The molecule has 0 unspecified atom stereocenters. The lowest BCUT2D eigenvalue weighted by Crippen LogP contribution is -2.44. The molecule has 0 aliphatic heterocycles. The number of hydrogen-bond donors (Lipinski definition) is 2. The van der Waals surface area contributed by atoms with Crippen molar-refractivity contribution in [1.29, 1.82) is 0 Å². The van der Waals surface area contributed by atoms with E-state index in [9.17, 15) is 4.79 Å². The van der Waals surface area contributed by atoms with E-state index in [1.165, 1.54) is 19.3 Å². The van der Waals surface area contributed by atoms with Gasteiger partial charge in [0.1, 0.15) is 0 Å². The van der Waals surface area contributed by atoms with E-state index in [0.29, 0.717) is 5.92 Å². The van der Waals surface area contributed by atoms with Crippen molar-refractivity contribution in [3.63, 3.8) is 0 Å². The summed E-state index contributed by atoms with van der Waals surface area (Å²) in [7, 11) is 1.74. The van der Waals surface area contributed by atoms with E-state index in [-0.39, 0.29) is 11.3 Å². The summed E-state index contributed by atoms with van der Waals surface area (Å²) in [6.45, 7) is 0. The van der Waals surface area contributed by atoms with Gasteiger partial charge in [-0.25, -0.2) is 5.43 Å². The predicted octanol–water partition coefficient (Wildman–Crippen LogP) is 0.817. The Labute approximate surface area is 72.9 Å². The molecule has 0 radical (unpaired) electrons. The minimum atomic E-state index is 0.0429. The standard InChI is InChI=1S/C9H16N2O/c1-10-11-8(12)9(5-6-9)7-3-2-4-7/h7,10H,2-6H2,1H3,(H,11,12). The first kappa shape index (κ1) is 8.05. The second kappa shape index (κ2) is 2.73. The van der Waals surface area contributed by atoms with Crippen molar-refractivity contribution in [3.05, 3.63) is 0 Å². The molecule has 12 heavy (non-hydrogen) atoms. The topological polar surface area (TPSA) is 41.1 Å². The third-order valence-electron chi connectivity index (χ3n) is 3.37. The van der Waals surface area contributed by atoms with Gasteiger partial charge < -0.3 is 0 Å². The summed E-state index contributed by atoms with van der Waals surface area (Å²) in [5.74, 6) is 0.903. The highest BCUT2D eigenvalue weighted by molar-refractivity contribution is 5.85. The van der Waals surface area contributed by atoms with Gasteiger partial charge >= 0.3 is 0 Å². The average molecular weight is 168 g/mol. The van der Waals surface area contributed by atoms with Crippen molar-refractivity contribution in [1.82, 2.24) is 10.9 Å². The number of hydrazine groups is 1. The van der Waals surface area contributed by atoms with Crippen molar-refractivity contribution in [2.75, 3.05) is 7.05 Å². The SMILES string of the molecule is CNNC(=O)C1(C2CCC2)CC1. The second-order valence-corrected chi connectivity index (χ2v) is 3.99. The number of carbonyl (C=O) groups is 1. The lowest BCUT2D eigenvalue weighted by Gasteiger charge is -2.32. The van der Waals surface area contributed by atoms with Gasteiger partial charge in [-0.15, -0.1) is 0 Å². The Hall–Kier alpha value is -0.570. The van der Waals surface area contributed by atoms with E-state index in [0.717, 1.165) is 12.8 Å². The van der Waals surface area contributed by atoms with Gasteiger partial charge in [0.05, 0.1) is 5.41 Å². The maximum atomic E-state index is 11.6. The van der Waals surface area contributed by atoms with E-state index < -0.39 is 0 Å². The van der Waals surface area contributed by atoms with Gasteiger partial charge in [0.2, 0.25) is 5.91 Å². The Bertz CT molecular complexity index is 195. The quantitative estimate of drug-likeness (QED) is 0.612. The first-order chi connectivity index (χ1) is 5.79. The van der Waals surface area contributed by atoms with Crippen LogP contribution < -0.4 is 10.9 Å². The summed E-state index contributed by atoms with van der Waals surface area (Å²) in [6, 6.07) is 0. The molecule has 2 fully saturated rings. The molecule has 0 aromatic carbocycles. The third kappa shape index (κ3) is 1.04. The van der Waals surface area contributed by atoms with Gasteiger partial charge in [-0.05, 0) is 31.6 Å². The molecular formula is C9H16N2O. The molecule has 68 valence electrons. The van der Waals surface area contributed by atoms with Crippen LogP contribution in [-0.4, -0.2) is 13.0 Å². The van der Waals surface area contributed by atoms with Crippen LogP contribution in [0.25, 0.3) is 0 Å². The molecule has 0 saturated heterocycles. The van der Waals surface area contributed by atoms with Crippen molar-refractivity contribution >= 4 is 5.91 Å². The molecule has 0 aromatic rings. The van der Waals surface area contributed by atoms with E-state index in [1.807, 2.05) is 0 Å². The number of hydrogen-bond acceptors (Lipinski definition) is 2. The Kier molecular flexibility index (Phi) is 1.83. The molecule has 0 spiro atoms. The van der Waals surface area contributed by atoms with Gasteiger partial charge in [-0.1, -0.05) is 6.42 Å². The highest BCUT2D eigenvalue weighted by atomic mass is 16.2. The number of carbonyl (C=O) groups excluding carboxylic acids is 1. The van der Waals surface area contributed by atoms with Gasteiger partial charge in [0, 0.05) is 7.05 Å². The van der Waals surface area contributed by atoms with Crippen LogP contribution in [0.5, 0.6) is 0 Å². The Morgan fingerprint density at radius 1 is 1.42 bits per heavy atom. The second-order valence-electron chi connectivity index (χ2n) is 3.99. The molecule has 2 saturated carbocycles. The van der Waals surface area contributed by atoms with Crippen LogP contribution in [0.2, 0.25) is 0 Å². The number of nitrogens with one attached hydrogen (secondary N) is 2. The largest absolute Gasteiger partial charge is 0.291 e. The van der Waals surface area contributed by atoms with Crippen molar-refractivity contribution in [3.8, 4) is 0 Å². The summed E-state index contributed by atoms with van der Waals surface area (Å²) in [6.07, 6.45) is 6.05. The van der Waals surface area contributed by atoms with Crippen LogP contribution in [0.3, 0.4) is 0 Å². The minimum Gasteiger partial charge on any atom is -0.291 e. The zero-order chi connectivity index (χ0) is 8.60. The Morgan fingerprint density at radius 3 is 2.42 bits per heavy atom. The van der Waals surface area contributed by atoms with Gasteiger partial charge in [0.15, 0.2) is 0 Å². The molecule has 2 aliphatic rings. The molecule has 2 rings (SSSR count). The van der Waals surface area contributed by atoms with Crippen LogP contribution in [-0.2, 0) is 4.79 Å². The summed E-state index contributed by atoms with van der Waals surface area (Å²) in [5.41, 5.74) is 5.47. The van der Waals surface area contributed by atoms with Gasteiger partial charge in [-0.3, -0.25) is 10.2 Å². The van der Waals surface area contributed by atoms with Crippen LogP contribution in [0, 0.1) is 11.3 Å². The zero-order valence-corrected chi connectivity index (χ0v) is 7.52. The number of amides is 1. The molecular weight excluding hydrogens is 152 g/mol. The molecule has 0 heterocycles. The molecule has 0 atom stereocenters. The summed E-state index contributed by atoms with van der Waals surface area (Å²) < 4.78 is 0. The van der Waals surface area contributed by atoms with Crippen molar-refractivity contribution in [2.24, 2.45) is 11.3 Å². The van der Waals surface area contributed by atoms with E-state index in [1.54, 1.807) is 7.05 Å². The van der Waals surface area contributed by atoms with E-state index >= 15 is 0 Å². The van der Waals surface area contributed by atoms with Crippen molar-refractivity contribution < 1.29 is 4.79 Å². The van der Waals surface area contributed by atoms with Crippen molar-refractivity contribution in [2.45, 2.75) is 32.1 Å². The molecule has 2 aliphatic carbocycles. The normalized spacial score (nSPS) is 26.1. The minimum absolute atomic E-state index is 0.0429. The fourth-order valence-electron chi connectivity index (χ4n) is 2.15. The van der Waals surface area contributed by atoms with Crippen LogP contribution in [0.1, 0.15) is 32.1 Å². The van der Waals surface area contributed by atoms with E-state index in [2.05, 4.69) is 10.9 Å². The third-order valence-corrected chi connectivity index (χ3v) is 3.37. The Morgan fingerprint density at radius 2 is 2.08 bits per heavy atom. The van der Waals surface area contributed by atoms with Crippen LogP contribution in [0.4, 0.5) is 0 Å². The average Bonchev–Trinajstić information content (AvgIpc) is 2.66. The monoisotopic (exact) mass is 168 g/mol. The fourth-order valence-corrected chi connectivity index (χ4v) is 2.15. The van der Waals surface area contributed by atoms with Gasteiger partial charge in [0.25, 0.3) is 0 Å². The summed E-state index contributed by atoms with van der Waals surface area (Å²) >= 11 is 0. The molecule has 0 aromatic heterocycles. The maximum absolute atomic E-state index is 11.6. The summed E-state index contributed by atoms with van der Waals surface area (Å²) in [5, 5.41) is 0. The maximum Gasteiger partial charge on any atom is 0.240 e. The summed E-state index contributed by atoms with van der Waals surface area (Å²) in [4.78, 5) is 11.6. The van der Waals surface area contributed by atoms with Gasteiger partial charge in [-0.2, -0.15) is 0 Å². The molecule has 2 N–H and O–H groups in total. The fraction of sp³-hybridized carbons (Fsp3) is 0.889. The van der Waals surface area contributed by atoms with Crippen LogP contribution in [0.15, 0.2) is 0 Å². The number of rotatable bonds is 3. The lowest BCUT2D eigenvalue weighted by atomic mass is 9.73. The Balaban J connectivity index is 1.95. The smallest absolute Gasteiger partial charge is 0.240 e. The molecule has 1 amide bonds. The lowest BCUT2D eigenvalue weighted by molar-refractivity contribution is -0.130. The first-order valence-electron chi connectivity index (χ1n) is 4.77. The van der Waals surface area contributed by atoms with Crippen LogP contribution >= 0.6 is 0 Å². The molecule has 0 bridgehead atoms. The highest BCUT2D eigenvalue weighted by Crippen LogP contribution is 2.58. The highest BCUT2D eigenvalue weighted by Gasteiger charge is 2.56. The van der Waals surface area contributed by atoms with E-state index in [4.69, 9.17) is 0 Å². The first-order valence-corrected chi connectivity index (χ1v) is 4.77. The predicted molar refractivity (Wildman–Crippen MR) is 46.2 cm³/mol. The molecule has 3 nitrogen and oxygen atoms in total. The molecule has 3 heteroatoms.